The van der Waals surface area contributed by atoms with Gasteiger partial charge in [0.05, 0.1) is 16.8 Å². The van der Waals surface area contributed by atoms with E-state index in [4.69, 9.17) is 4.42 Å². The molecule has 0 fully saturated rings. The number of halogens is 1. The van der Waals surface area contributed by atoms with Gasteiger partial charge in [0.1, 0.15) is 11.3 Å². The lowest BCUT2D eigenvalue weighted by Crippen LogP contribution is -2.07. The first-order valence-electron chi connectivity index (χ1n) is 6.93. The van der Waals surface area contributed by atoms with Gasteiger partial charge in [-0.05, 0) is 43.7 Å². The van der Waals surface area contributed by atoms with Crippen molar-refractivity contribution < 1.29 is 8.81 Å². The molecule has 2 rings (SSSR count). The van der Waals surface area contributed by atoms with E-state index in [1.54, 1.807) is 36.4 Å². The Hall–Kier alpha value is -2.68. The summed E-state index contributed by atoms with van der Waals surface area (Å²) in [5.74, 6) is 0.218. The normalized spacial score (nSPS) is 12.6. The van der Waals surface area contributed by atoms with Crippen molar-refractivity contribution in [2.75, 3.05) is 0 Å². The zero-order chi connectivity index (χ0) is 16.1. The molecule has 0 aliphatic carbocycles. The van der Waals surface area contributed by atoms with Crippen molar-refractivity contribution in [3.63, 3.8) is 0 Å². The van der Waals surface area contributed by atoms with Gasteiger partial charge in [-0.3, -0.25) is 4.79 Å². The van der Waals surface area contributed by atoms with Gasteiger partial charge in [0.25, 0.3) is 0 Å². The molecule has 0 spiro atoms. The maximum Gasteiger partial charge on any atom is 0.200 e. The standard InChI is InChI=1S/C19H17FO2/c1-4-7-17-15(5-2)19(21)16-12-14(9-6-8-13(3)20)10-11-18(16)22-17/h4-12H,2H2,1,3H3/b7-4-,9-6-,13-8+. The van der Waals surface area contributed by atoms with Gasteiger partial charge in [-0.2, -0.15) is 0 Å². The first-order valence-corrected chi connectivity index (χ1v) is 6.93. The number of hydrogen-bond donors (Lipinski definition) is 0. The van der Waals surface area contributed by atoms with Crippen molar-refractivity contribution in [1.29, 1.82) is 0 Å². The van der Waals surface area contributed by atoms with E-state index in [9.17, 15) is 9.18 Å². The van der Waals surface area contributed by atoms with Gasteiger partial charge in [-0.25, -0.2) is 4.39 Å². The SMILES string of the molecule is C=Cc1c(/C=C\C)oc2ccc(/C=C\C=C(/C)F)cc2c1=O. The van der Waals surface area contributed by atoms with Crippen molar-refractivity contribution in [2.24, 2.45) is 0 Å². The first kappa shape index (κ1) is 15.7. The fourth-order valence-corrected chi connectivity index (χ4v) is 2.11. The van der Waals surface area contributed by atoms with Crippen LogP contribution in [0.2, 0.25) is 0 Å². The zero-order valence-electron chi connectivity index (χ0n) is 12.6. The highest BCUT2D eigenvalue weighted by Crippen LogP contribution is 2.20. The van der Waals surface area contributed by atoms with Crippen LogP contribution in [0, 0.1) is 0 Å². The van der Waals surface area contributed by atoms with E-state index in [2.05, 4.69) is 6.58 Å². The maximum absolute atomic E-state index is 12.7. The molecular formula is C19H17FO2. The molecule has 0 N–H and O–H groups in total. The molecule has 1 heterocycles. The summed E-state index contributed by atoms with van der Waals surface area (Å²) >= 11 is 0. The molecule has 2 nitrogen and oxygen atoms in total. The van der Waals surface area contributed by atoms with Crippen LogP contribution < -0.4 is 5.43 Å². The largest absolute Gasteiger partial charge is 0.456 e. The predicted molar refractivity (Wildman–Crippen MR) is 91.2 cm³/mol. The molecule has 0 unspecified atom stereocenters. The summed E-state index contributed by atoms with van der Waals surface area (Å²) in [5.41, 5.74) is 1.62. The summed E-state index contributed by atoms with van der Waals surface area (Å²) < 4.78 is 18.4. The third-order valence-electron chi connectivity index (χ3n) is 3.11. The minimum absolute atomic E-state index is 0.128. The zero-order valence-corrected chi connectivity index (χ0v) is 12.6. The number of hydrogen-bond acceptors (Lipinski definition) is 2. The molecule has 0 bridgehead atoms. The minimum atomic E-state index is -0.276. The van der Waals surface area contributed by atoms with Crippen molar-refractivity contribution >= 4 is 29.2 Å². The van der Waals surface area contributed by atoms with Crippen molar-refractivity contribution in [2.45, 2.75) is 13.8 Å². The molecule has 3 heteroatoms. The summed E-state index contributed by atoms with van der Waals surface area (Å²) in [7, 11) is 0. The summed E-state index contributed by atoms with van der Waals surface area (Å²) in [6.45, 7) is 6.90. The van der Waals surface area contributed by atoms with E-state index in [0.29, 0.717) is 22.3 Å². The fraction of sp³-hybridized carbons (Fsp3) is 0.105. The number of rotatable bonds is 4. The van der Waals surface area contributed by atoms with Crippen LogP contribution in [0.1, 0.15) is 30.7 Å². The maximum atomic E-state index is 12.7. The second-order valence-corrected chi connectivity index (χ2v) is 4.78. The topological polar surface area (TPSA) is 30.2 Å². The van der Waals surface area contributed by atoms with Gasteiger partial charge in [0.2, 0.25) is 5.43 Å². The van der Waals surface area contributed by atoms with Crippen LogP contribution in [0.15, 0.2) is 58.0 Å². The van der Waals surface area contributed by atoms with Crippen LogP contribution in [0.4, 0.5) is 4.39 Å². The van der Waals surface area contributed by atoms with Crippen molar-refractivity contribution in [1.82, 2.24) is 0 Å². The van der Waals surface area contributed by atoms with E-state index in [1.807, 2.05) is 13.0 Å². The smallest absolute Gasteiger partial charge is 0.200 e. The van der Waals surface area contributed by atoms with Gasteiger partial charge in [0, 0.05) is 0 Å². The molecule has 112 valence electrons. The first-order chi connectivity index (χ1) is 10.6. The minimum Gasteiger partial charge on any atom is -0.456 e. The molecule has 0 aliphatic rings. The highest BCUT2D eigenvalue weighted by molar-refractivity contribution is 5.83. The van der Waals surface area contributed by atoms with Crippen LogP contribution in [0.5, 0.6) is 0 Å². The highest BCUT2D eigenvalue weighted by Gasteiger charge is 2.10. The summed E-state index contributed by atoms with van der Waals surface area (Å²) in [4.78, 5) is 12.5. The molecule has 0 atom stereocenters. The molecule has 0 saturated heterocycles. The van der Waals surface area contributed by atoms with Crippen LogP contribution in [0.3, 0.4) is 0 Å². The van der Waals surface area contributed by atoms with Crippen LogP contribution in [0.25, 0.3) is 29.2 Å². The van der Waals surface area contributed by atoms with Crippen LogP contribution >= 0.6 is 0 Å². The Kier molecular flexibility index (Phi) is 4.89. The number of fused-ring (bicyclic) bond motifs is 1. The second-order valence-electron chi connectivity index (χ2n) is 4.78. The van der Waals surface area contributed by atoms with Gasteiger partial charge in [0.15, 0.2) is 0 Å². The Labute approximate surface area is 128 Å². The Bertz CT molecular complexity index is 848. The van der Waals surface area contributed by atoms with Gasteiger partial charge >= 0.3 is 0 Å². The quantitative estimate of drug-likeness (QED) is 0.711. The van der Waals surface area contributed by atoms with E-state index in [0.717, 1.165) is 5.56 Å². The Morgan fingerprint density at radius 2 is 2.09 bits per heavy atom. The van der Waals surface area contributed by atoms with E-state index in [-0.39, 0.29) is 11.3 Å². The second kappa shape index (κ2) is 6.85. The van der Waals surface area contributed by atoms with Gasteiger partial charge in [-0.15, -0.1) is 0 Å². The summed E-state index contributed by atoms with van der Waals surface area (Å²) in [5, 5.41) is 0.478. The van der Waals surface area contributed by atoms with Crippen molar-refractivity contribution in [3.8, 4) is 0 Å². The lowest BCUT2D eigenvalue weighted by Gasteiger charge is -2.04. The Morgan fingerprint density at radius 3 is 2.73 bits per heavy atom. The molecule has 0 amide bonds. The van der Waals surface area contributed by atoms with E-state index >= 15 is 0 Å². The molecule has 0 radical (unpaired) electrons. The van der Waals surface area contributed by atoms with E-state index < -0.39 is 0 Å². The number of benzene rings is 1. The molecule has 2 aromatic rings. The summed E-state index contributed by atoms with van der Waals surface area (Å²) in [6, 6.07) is 5.28. The third-order valence-corrected chi connectivity index (χ3v) is 3.11. The Balaban J connectivity index is 2.63. The van der Waals surface area contributed by atoms with E-state index in [1.165, 1.54) is 19.1 Å². The Morgan fingerprint density at radius 1 is 1.32 bits per heavy atom. The lowest BCUT2D eigenvalue weighted by atomic mass is 10.1. The average Bonchev–Trinajstić information content (AvgIpc) is 2.48. The lowest BCUT2D eigenvalue weighted by molar-refractivity contribution is 0.589. The molecule has 1 aromatic carbocycles. The summed E-state index contributed by atoms with van der Waals surface area (Å²) in [6.07, 6.45) is 9.73. The molecule has 0 saturated carbocycles. The molecule has 1 aromatic heterocycles. The van der Waals surface area contributed by atoms with Crippen LogP contribution in [-0.4, -0.2) is 0 Å². The van der Waals surface area contributed by atoms with Gasteiger partial charge < -0.3 is 4.42 Å². The third kappa shape index (κ3) is 3.31. The average molecular weight is 296 g/mol. The highest BCUT2D eigenvalue weighted by atomic mass is 19.1. The predicted octanol–water partition coefficient (Wildman–Crippen LogP) is 5.36. The van der Waals surface area contributed by atoms with Crippen LogP contribution in [-0.2, 0) is 0 Å². The van der Waals surface area contributed by atoms with Crippen molar-refractivity contribution in [3.05, 3.63) is 75.9 Å². The van der Waals surface area contributed by atoms with Gasteiger partial charge in [-0.1, -0.05) is 36.9 Å². The fourth-order valence-electron chi connectivity index (χ4n) is 2.11. The molecular weight excluding hydrogens is 279 g/mol. The molecule has 0 aliphatic heterocycles. The molecule has 22 heavy (non-hydrogen) atoms. The number of allylic oxidation sites excluding steroid dienone is 4. The monoisotopic (exact) mass is 296 g/mol.